The molecule has 3 saturated heterocycles. The van der Waals surface area contributed by atoms with E-state index in [2.05, 4.69) is 6.07 Å². The minimum absolute atomic E-state index is 0.122. The molecule has 0 saturated carbocycles. The normalized spacial score (nSPS) is 34.7. The first-order valence-electron chi connectivity index (χ1n) is 13.0. The predicted octanol–water partition coefficient (Wildman–Crippen LogP) is 3.75. The second kappa shape index (κ2) is 8.11. The molecule has 5 aliphatic rings. The first-order valence-corrected chi connectivity index (χ1v) is 13.0. The van der Waals surface area contributed by atoms with Crippen molar-refractivity contribution in [3.8, 4) is 11.5 Å². The lowest BCUT2D eigenvalue weighted by atomic mass is 9.76. The van der Waals surface area contributed by atoms with E-state index in [0.717, 1.165) is 52.5 Å². The van der Waals surface area contributed by atoms with Crippen LogP contribution in [0.5, 0.6) is 11.5 Å². The zero-order valence-corrected chi connectivity index (χ0v) is 21.6. The highest BCUT2D eigenvalue weighted by Gasteiger charge is 2.84. The zero-order valence-electron chi connectivity index (χ0n) is 21.6. The highest BCUT2D eigenvalue weighted by atomic mass is 16.8. The second-order valence-corrected chi connectivity index (χ2v) is 10.5. The molecule has 7 rings (SSSR count). The number of Topliss-reactive ketones (excluding diaryl/α,β-unsaturated/α-hetero) is 1. The Kier molecular flexibility index (Phi) is 5.22. The fourth-order valence-electron chi connectivity index (χ4n) is 6.98. The maximum atomic E-state index is 12.9. The number of methoxy groups -OCH3 is 3. The first kappa shape index (κ1) is 23.8. The van der Waals surface area contributed by atoms with Crippen LogP contribution in [0.3, 0.4) is 0 Å². The van der Waals surface area contributed by atoms with Gasteiger partial charge in [-0.3, -0.25) is 4.79 Å². The third kappa shape index (κ3) is 2.93. The fourth-order valence-corrected chi connectivity index (χ4v) is 6.98. The molecule has 2 unspecified atom stereocenters. The van der Waals surface area contributed by atoms with Crippen molar-refractivity contribution in [2.24, 2.45) is 0 Å². The molecule has 9 heteroatoms. The fraction of sp³-hybridized carbons (Fsp3) is 0.607. The van der Waals surface area contributed by atoms with Crippen molar-refractivity contribution >= 4 is 16.6 Å². The van der Waals surface area contributed by atoms with Gasteiger partial charge in [0.25, 0.3) is 5.79 Å². The number of fused-ring (bicyclic) bond motifs is 8. The predicted molar refractivity (Wildman–Crippen MR) is 130 cm³/mol. The van der Waals surface area contributed by atoms with Crippen LogP contribution in [-0.2, 0) is 34.8 Å². The van der Waals surface area contributed by atoms with E-state index >= 15 is 0 Å². The standard InChI is InChI=1S/C28H32O9/c1-15-11-18-19(12-17-16(23(18)30-2)7-5-8-20(17)29)24-22(15)21-13-27(31-3,37-24)26(14-35-26)28(32-4,36-21)25-33-9-6-10-34-25/h11-12,21,25H,5-10,13-14H2,1-4H3/t21?,26-,27+,28?/m0/s1. The molecule has 9 nitrogen and oxygen atoms in total. The Morgan fingerprint density at radius 1 is 1.00 bits per heavy atom. The lowest BCUT2D eigenvalue weighted by molar-refractivity contribution is -0.448. The molecular formula is C28H32O9. The van der Waals surface area contributed by atoms with E-state index in [0.29, 0.717) is 44.0 Å². The van der Waals surface area contributed by atoms with E-state index in [1.807, 2.05) is 13.0 Å². The highest BCUT2D eigenvalue weighted by Crippen LogP contribution is 2.65. The van der Waals surface area contributed by atoms with Crippen molar-refractivity contribution in [2.75, 3.05) is 41.2 Å². The Morgan fingerprint density at radius 2 is 1.78 bits per heavy atom. The molecule has 37 heavy (non-hydrogen) atoms. The molecule has 4 aliphatic heterocycles. The van der Waals surface area contributed by atoms with Crippen molar-refractivity contribution < 1.29 is 42.7 Å². The molecule has 0 N–H and O–H groups in total. The number of ketones is 1. The summed E-state index contributed by atoms with van der Waals surface area (Å²) in [4.78, 5) is 12.9. The van der Waals surface area contributed by atoms with Crippen LogP contribution in [0.25, 0.3) is 10.8 Å². The summed E-state index contributed by atoms with van der Waals surface area (Å²) in [6.45, 7) is 3.38. The van der Waals surface area contributed by atoms with Crippen molar-refractivity contribution in [3.63, 3.8) is 0 Å². The molecule has 2 aromatic rings. The summed E-state index contributed by atoms with van der Waals surface area (Å²) in [6, 6.07) is 4.05. The van der Waals surface area contributed by atoms with Crippen molar-refractivity contribution in [1.82, 2.24) is 0 Å². The number of rotatable bonds is 4. The Bertz CT molecular complexity index is 1290. The molecule has 4 heterocycles. The van der Waals surface area contributed by atoms with Crippen LogP contribution in [0.4, 0.5) is 0 Å². The van der Waals surface area contributed by atoms with Gasteiger partial charge >= 0.3 is 0 Å². The molecule has 2 bridgehead atoms. The number of aryl methyl sites for hydroxylation is 1. The van der Waals surface area contributed by atoms with Crippen LogP contribution in [0, 0.1) is 6.92 Å². The lowest BCUT2D eigenvalue weighted by Gasteiger charge is -2.57. The number of carbonyl (C=O) groups is 1. The van der Waals surface area contributed by atoms with E-state index in [1.54, 1.807) is 21.3 Å². The minimum Gasteiger partial charge on any atom is -0.496 e. The maximum Gasteiger partial charge on any atom is 0.260 e. The number of hydrogen-bond donors (Lipinski definition) is 0. The molecule has 0 aromatic heterocycles. The Balaban J connectivity index is 1.47. The lowest BCUT2D eigenvalue weighted by Crippen LogP contribution is -2.75. The zero-order chi connectivity index (χ0) is 25.6. The molecule has 1 aliphatic carbocycles. The van der Waals surface area contributed by atoms with Gasteiger partial charge in [-0.2, -0.15) is 0 Å². The van der Waals surface area contributed by atoms with Crippen molar-refractivity contribution in [2.45, 2.75) is 68.6 Å². The van der Waals surface area contributed by atoms with Gasteiger partial charge in [0.1, 0.15) is 11.5 Å². The summed E-state index contributed by atoms with van der Waals surface area (Å²) in [5, 5.41) is 1.70. The van der Waals surface area contributed by atoms with Crippen LogP contribution in [0.15, 0.2) is 12.1 Å². The van der Waals surface area contributed by atoms with Crippen LogP contribution in [-0.4, -0.2) is 70.4 Å². The number of benzene rings is 2. The van der Waals surface area contributed by atoms with Gasteiger partial charge in [0.05, 0.1) is 33.0 Å². The van der Waals surface area contributed by atoms with Gasteiger partial charge in [0.2, 0.25) is 17.7 Å². The summed E-state index contributed by atoms with van der Waals surface area (Å²) in [5.74, 6) is -1.15. The smallest absolute Gasteiger partial charge is 0.260 e. The molecule has 1 spiro atoms. The molecular weight excluding hydrogens is 480 g/mol. The summed E-state index contributed by atoms with van der Waals surface area (Å²) >= 11 is 0. The van der Waals surface area contributed by atoms with E-state index in [9.17, 15) is 4.79 Å². The Hall–Kier alpha value is -2.27. The topological polar surface area (TPSA) is 94.2 Å². The van der Waals surface area contributed by atoms with Gasteiger partial charge in [-0.15, -0.1) is 0 Å². The second-order valence-electron chi connectivity index (χ2n) is 10.5. The van der Waals surface area contributed by atoms with Gasteiger partial charge in [0.15, 0.2) is 5.78 Å². The quantitative estimate of drug-likeness (QED) is 0.568. The average molecular weight is 513 g/mol. The maximum absolute atomic E-state index is 12.9. The summed E-state index contributed by atoms with van der Waals surface area (Å²) in [6.07, 6.45) is 2.09. The number of hydrogen-bond acceptors (Lipinski definition) is 9. The third-order valence-corrected chi connectivity index (χ3v) is 8.77. The largest absolute Gasteiger partial charge is 0.496 e. The van der Waals surface area contributed by atoms with Crippen molar-refractivity contribution in [1.29, 1.82) is 0 Å². The molecule has 4 atom stereocenters. The summed E-state index contributed by atoms with van der Waals surface area (Å²) in [7, 11) is 4.85. The monoisotopic (exact) mass is 512 g/mol. The average Bonchev–Trinajstić information content (AvgIpc) is 3.73. The minimum atomic E-state index is -1.39. The van der Waals surface area contributed by atoms with Crippen LogP contribution in [0.2, 0.25) is 0 Å². The first-order chi connectivity index (χ1) is 17.9. The number of epoxide rings is 1. The Labute approximate surface area is 215 Å². The molecule has 0 amide bonds. The van der Waals surface area contributed by atoms with Gasteiger partial charge in [-0.1, -0.05) is 0 Å². The Morgan fingerprint density at radius 3 is 2.46 bits per heavy atom. The van der Waals surface area contributed by atoms with Crippen LogP contribution in [0.1, 0.15) is 58.8 Å². The van der Waals surface area contributed by atoms with E-state index in [4.69, 9.17) is 37.9 Å². The SMILES string of the molecule is COc1c2c(cc3c4c(c(C)cc13)C1C[C@@](OC)(O4)[C@@]3(CO3)C(OC)(C3OCCCO3)O1)C(=O)CCC2. The highest BCUT2D eigenvalue weighted by molar-refractivity contribution is 6.07. The number of carbonyl (C=O) groups excluding carboxylic acids is 1. The molecule has 3 fully saturated rings. The van der Waals surface area contributed by atoms with Crippen LogP contribution < -0.4 is 9.47 Å². The summed E-state index contributed by atoms with van der Waals surface area (Å²) in [5.41, 5.74) is 2.43. The van der Waals surface area contributed by atoms with Gasteiger partial charge < -0.3 is 37.9 Å². The van der Waals surface area contributed by atoms with Gasteiger partial charge in [-0.05, 0) is 43.9 Å². The molecule has 2 aromatic carbocycles. The van der Waals surface area contributed by atoms with Crippen LogP contribution >= 0.6 is 0 Å². The number of ether oxygens (including phenoxy) is 8. The summed E-state index contributed by atoms with van der Waals surface area (Å²) < 4.78 is 50.1. The van der Waals surface area contributed by atoms with E-state index in [-0.39, 0.29) is 5.78 Å². The van der Waals surface area contributed by atoms with Gasteiger partial charge in [-0.25, -0.2) is 0 Å². The van der Waals surface area contributed by atoms with E-state index < -0.39 is 29.6 Å². The van der Waals surface area contributed by atoms with Gasteiger partial charge in [0, 0.05) is 54.5 Å². The molecule has 198 valence electrons. The van der Waals surface area contributed by atoms with E-state index in [1.165, 1.54) is 0 Å². The molecule has 0 radical (unpaired) electrons. The third-order valence-electron chi connectivity index (χ3n) is 8.77. The van der Waals surface area contributed by atoms with Crippen molar-refractivity contribution in [3.05, 3.63) is 34.4 Å².